The SMILES string of the molecule is O=C(c1cccc(O)c1)N1CCN([C@@H]2CCc3ccccc3C2)CC1. The lowest BCUT2D eigenvalue weighted by atomic mass is 9.87. The van der Waals surface area contributed by atoms with Crippen molar-refractivity contribution in [1.82, 2.24) is 9.80 Å². The number of nitrogens with zero attached hydrogens (tertiary/aromatic N) is 2. The van der Waals surface area contributed by atoms with Gasteiger partial charge in [0.15, 0.2) is 0 Å². The Labute approximate surface area is 148 Å². The number of piperazine rings is 1. The Morgan fingerprint density at radius 3 is 2.48 bits per heavy atom. The molecule has 0 unspecified atom stereocenters. The molecule has 0 spiro atoms. The maximum absolute atomic E-state index is 12.6. The fourth-order valence-corrected chi connectivity index (χ4v) is 4.10. The lowest BCUT2D eigenvalue weighted by molar-refractivity contribution is 0.0552. The van der Waals surface area contributed by atoms with E-state index < -0.39 is 0 Å². The molecule has 4 rings (SSSR count). The molecule has 4 heteroatoms. The standard InChI is InChI=1S/C21H24N2O2/c24-20-7-3-6-18(15-20)21(25)23-12-10-22(11-13-23)19-9-8-16-4-1-2-5-17(16)14-19/h1-7,15,19,24H,8-14H2/t19-/m1/s1. The average molecular weight is 336 g/mol. The number of benzene rings is 2. The summed E-state index contributed by atoms with van der Waals surface area (Å²) in [6, 6.07) is 16.0. The molecule has 1 heterocycles. The molecule has 0 radical (unpaired) electrons. The van der Waals surface area contributed by atoms with Gasteiger partial charge in [-0.2, -0.15) is 0 Å². The van der Waals surface area contributed by atoms with Crippen molar-refractivity contribution in [3.8, 4) is 5.75 Å². The van der Waals surface area contributed by atoms with Crippen LogP contribution in [0.2, 0.25) is 0 Å². The van der Waals surface area contributed by atoms with Gasteiger partial charge in [0.2, 0.25) is 0 Å². The number of fused-ring (bicyclic) bond motifs is 1. The van der Waals surface area contributed by atoms with Gasteiger partial charge in [0.1, 0.15) is 5.75 Å². The average Bonchev–Trinajstić information content (AvgIpc) is 2.67. The number of aryl methyl sites for hydroxylation is 1. The zero-order valence-electron chi connectivity index (χ0n) is 14.4. The van der Waals surface area contributed by atoms with Crippen LogP contribution in [0.5, 0.6) is 5.75 Å². The number of aromatic hydroxyl groups is 1. The largest absolute Gasteiger partial charge is 0.508 e. The van der Waals surface area contributed by atoms with Crippen LogP contribution in [0.25, 0.3) is 0 Å². The van der Waals surface area contributed by atoms with Crippen LogP contribution in [0.1, 0.15) is 27.9 Å². The molecule has 0 saturated carbocycles. The van der Waals surface area contributed by atoms with Gasteiger partial charge >= 0.3 is 0 Å². The highest BCUT2D eigenvalue weighted by Crippen LogP contribution is 2.25. The van der Waals surface area contributed by atoms with Gasteiger partial charge in [-0.25, -0.2) is 0 Å². The van der Waals surface area contributed by atoms with Crippen molar-refractivity contribution in [2.24, 2.45) is 0 Å². The Kier molecular flexibility index (Phi) is 4.45. The first-order valence-corrected chi connectivity index (χ1v) is 9.10. The molecule has 1 saturated heterocycles. The molecule has 0 bridgehead atoms. The molecule has 1 atom stereocenters. The summed E-state index contributed by atoms with van der Waals surface area (Å²) in [5.41, 5.74) is 3.55. The second kappa shape index (κ2) is 6.89. The van der Waals surface area contributed by atoms with Crippen LogP contribution in [0.4, 0.5) is 0 Å². The first-order chi connectivity index (χ1) is 12.2. The minimum Gasteiger partial charge on any atom is -0.508 e. The Morgan fingerprint density at radius 1 is 0.960 bits per heavy atom. The molecule has 1 amide bonds. The van der Waals surface area contributed by atoms with Crippen LogP contribution in [0.3, 0.4) is 0 Å². The molecular formula is C21H24N2O2. The first kappa shape index (κ1) is 16.2. The minimum absolute atomic E-state index is 0.0181. The number of phenols is 1. The fourth-order valence-electron chi connectivity index (χ4n) is 4.10. The zero-order valence-corrected chi connectivity index (χ0v) is 14.4. The predicted octanol–water partition coefficient (Wildman–Crippen LogP) is 2.71. The molecule has 2 aromatic carbocycles. The van der Waals surface area contributed by atoms with Gasteiger partial charge < -0.3 is 10.0 Å². The van der Waals surface area contributed by atoms with Gasteiger partial charge in [-0.1, -0.05) is 30.3 Å². The number of rotatable bonds is 2. The third-order valence-electron chi connectivity index (χ3n) is 5.53. The maximum atomic E-state index is 12.6. The molecule has 1 aliphatic heterocycles. The summed E-state index contributed by atoms with van der Waals surface area (Å²) in [4.78, 5) is 17.0. The summed E-state index contributed by atoms with van der Waals surface area (Å²) in [6.45, 7) is 3.37. The van der Waals surface area contributed by atoms with Gasteiger partial charge in [0.25, 0.3) is 5.91 Å². The van der Waals surface area contributed by atoms with E-state index >= 15 is 0 Å². The minimum atomic E-state index is 0.0181. The molecule has 130 valence electrons. The van der Waals surface area contributed by atoms with E-state index in [1.807, 2.05) is 4.90 Å². The number of hydrogen-bond acceptors (Lipinski definition) is 3. The Bertz CT molecular complexity index is 766. The zero-order chi connectivity index (χ0) is 17.2. The summed E-state index contributed by atoms with van der Waals surface area (Å²) in [7, 11) is 0. The molecule has 2 aromatic rings. The number of phenolic OH excluding ortho intramolecular Hbond substituents is 1. The van der Waals surface area contributed by atoms with Crippen molar-refractivity contribution >= 4 is 5.91 Å². The van der Waals surface area contributed by atoms with E-state index in [0.29, 0.717) is 11.6 Å². The van der Waals surface area contributed by atoms with Gasteiger partial charge in [0.05, 0.1) is 0 Å². The monoisotopic (exact) mass is 336 g/mol. The smallest absolute Gasteiger partial charge is 0.254 e. The molecule has 0 aromatic heterocycles. The normalized spacial score (nSPS) is 21.0. The topological polar surface area (TPSA) is 43.8 Å². The second-order valence-electron chi connectivity index (χ2n) is 7.04. The molecular weight excluding hydrogens is 312 g/mol. The second-order valence-corrected chi connectivity index (χ2v) is 7.04. The van der Waals surface area contributed by atoms with E-state index in [-0.39, 0.29) is 11.7 Å². The molecule has 1 fully saturated rings. The van der Waals surface area contributed by atoms with E-state index in [1.54, 1.807) is 24.3 Å². The molecule has 4 nitrogen and oxygen atoms in total. The van der Waals surface area contributed by atoms with Crippen molar-refractivity contribution in [3.05, 3.63) is 65.2 Å². The van der Waals surface area contributed by atoms with Gasteiger partial charge in [-0.15, -0.1) is 0 Å². The highest BCUT2D eigenvalue weighted by Gasteiger charge is 2.28. The predicted molar refractivity (Wildman–Crippen MR) is 97.8 cm³/mol. The van der Waals surface area contributed by atoms with Gasteiger partial charge in [0, 0.05) is 37.8 Å². The molecule has 1 aliphatic carbocycles. The summed E-state index contributed by atoms with van der Waals surface area (Å²) in [5, 5.41) is 9.57. The highest BCUT2D eigenvalue weighted by molar-refractivity contribution is 5.94. The number of carbonyl (C=O) groups is 1. The Morgan fingerprint density at radius 2 is 1.72 bits per heavy atom. The van der Waals surface area contributed by atoms with Crippen LogP contribution in [-0.4, -0.2) is 53.0 Å². The Balaban J connectivity index is 1.37. The Hall–Kier alpha value is -2.33. The first-order valence-electron chi connectivity index (χ1n) is 9.10. The summed E-state index contributed by atoms with van der Waals surface area (Å²) in [6.07, 6.45) is 3.48. The number of amides is 1. The number of carbonyl (C=O) groups excluding carboxylic acids is 1. The van der Waals surface area contributed by atoms with Crippen LogP contribution in [-0.2, 0) is 12.8 Å². The van der Waals surface area contributed by atoms with Crippen molar-refractivity contribution in [2.75, 3.05) is 26.2 Å². The molecule has 1 N–H and O–H groups in total. The third kappa shape index (κ3) is 3.40. The van der Waals surface area contributed by atoms with Crippen molar-refractivity contribution < 1.29 is 9.90 Å². The van der Waals surface area contributed by atoms with Crippen molar-refractivity contribution in [3.63, 3.8) is 0 Å². The van der Waals surface area contributed by atoms with E-state index in [1.165, 1.54) is 17.5 Å². The maximum Gasteiger partial charge on any atom is 0.254 e. The molecule has 25 heavy (non-hydrogen) atoms. The lowest BCUT2D eigenvalue weighted by Crippen LogP contribution is -2.53. The van der Waals surface area contributed by atoms with Crippen LogP contribution < -0.4 is 0 Å². The van der Waals surface area contributed by atoms with Crippen LogP contribution >= 0.6 is 0 Å². The summed E-state index contributed by atoms with van der Waals surface area (Å²) in [5.74, 6) is 0.162. The van der Waals surface area contributed by atoms with E-state index in [2.05, 4.69) is 29.2 Å². The van der Waals surface area contributed by atoms with E-state index in [0.717, 1.165) is 39.0 Å². The van der Waals surface area contributed by atoms with Gasteiger partial charge in [-0.05, 0) is 48.6 Å². The van der Waals surface area contributed by atoms with E-state index in [9.17, 15) is 9.90 Å². The summed E-state index contributed by atoms with van der Waals surface area (Å²) < 4.78 is 0. The van der Waals surface area contributed by atoms with Crippen LogP contribution in [0.15, 0.2) is 48.5 Å². The van der Waals surface area contributed by atoms with Crippen molar-refractivity contribution in [2.45, 2.75) is 25.3 Å². The number of hydrogen-bond donors (Lipinski definition) is 1. The summed E-state index contributed by atoms with van der Waals surface area (Å²) >= 11 is 0. The van der Waals surface area contributed by atoms with E-state index in [4.69, 9.17) is 0 Å². The highest BCUT2D eigenvalue weighted by atomic mass is 16.3. The third-order valence-corrected chi connectivity index (χ3v) is 5.53. The van der Waals surface area contributed by atoms with Gasteiger partial charge in [-0.3, -0.25) is 9.69 Å². The molecule has 2 aliphatic rings. The quantitative estimate of drug-likeness (QED) is 0.917. The van der Waals surface area contributed by atoms with Crippen molar-refractivity contribution in [1.29, 1.82) is 0 Å². The lowest BCUT2D eigenvalue weighted by Gasteiger charge is -2.41. The van der Waals surface area contributed by atoms with Crippen LogP contribution in [0, 0.1) is 0 Å². The fraction of sp³-hybridized carbons (Fsp3) is 0.381.